The average molecular weight is 435 g/mol. The van der Waals surface area contributed by atoms with Gasteiger partial charge in [0.15, 0.2) is 0 Å². The highest BCUT2D eigenvalue weighted by atomic mass is 16.3. The number of phenols is 2. The molecule has 31 heavy (non-hydrogen) atoms. The fraction of sp³-hybridized carbons (Fsp3) is 0.586. The predicted octanol–water partition coefficient (Wildman–Crippen LogP) is 9.54. The number of phenolic OH excluding ortho intramolecular Hbond substituents is 2. The Labute approximate surface area is 195 Å². The van der Waals surface area contributed by atoms with E-state index >= 15 is 0 Å². The Kier molecular flexibility index (Phi) is 18.5. The summed E-state index contributed by atoms with van der Waals surface area (Å²) in [6, 6.07) is 15.4. The highest BCUT2D eigenvalue weighted by Gasteiger charge is 2.54. The minimum Gasteiger partial charge on any atom is -0.508 e. The second-order valence-electron chi connectivity index (χ2n) is 7.26. The molecule has 182 valence electrons. The van der Waals surface area contributed by atoms with Gasteiger partial charge in [0.25, 0.3) is 0 Å². The summed E-state index contributed by atoms with van der Waals surface area (Å²) >= 11 is 0. The van der Waals surface area contributed by atoms with E-state index in [2.05, 4.69) is 52.0 Å². The van der Waals surface area contributed by atoms with Crippen molar-refractivity contribution < 1.29 is 10.2 Å². The molecule has 1 aliphatic rings. The van der Waals surface area contributed by atoms with Crippen molar-refractivity contribution in [2.75, 3.05) is 0 Å². The number of rotatable bonds is 2. The van der Waals surface area contributed by atoms with Crippen LogP contribution in [0.3, 0.4) is 0 Å². The van der Waals surface area contributed by atoms with Gasteiger partial charge in [-0.2, -0.15) is 0 Å². The zero-order chi connectivity index (χ0) is 20.8. The van der Waals surface area contributed by atoms with Crippen LogP contribution in [0.2, 0.25) is 0 Å². The standard InChI is InChI=1S/C21H26O2.2C2H6.4CH4/c1-13-14(2)16(4)21(15(13)3,17-5-9-19(22)10-6-17)18-7-11-20(23)12-8-18;2*1-2;;;;/h5-16,22-23H,1-4H3;2*1-2H3;4*1H4. The van der Waals surface area contributed by atoms with Gasteiger partial charge in [0, 0.05) is 5.41 Å². The van der Waals surface area contributed by atoms with E-state index in [0.717, 1.165) is 0 Å². The average Bonchev–Trinajstić information content (AvgIpc) is 2.88. The normalized spacial score (nSPS) is 22.3. The Balaban J connectivity index is -0.000000431. The van der Waals surface area contributed by atoms with Crippen molar-refractivity contribution in [3.63, 3.8) is 0 Å². The lowest BCUT2D eigenvalue weighted by molar-refractivity contribution is 0.305. The number of aromatic hydroxyl groups is 2. The molecule has 0 radical (unpaired) electrons. The van der Waals surface area contributed by atoms with E-state index in [1.54, 1.807) is 24.3 Å². The summed E-state index contributed by atoms with van der Waals surface area (Å²) in [4.78, 5) is 0. The SMILES string of the molecule is C.C.C.C.CC.CC.CC1C(C)C(C)C(c2ccc(O)cc2)(c2ccc(O)cc2)C1C. The van der Waals surface area contributed by atoms with Crippen LogP contribution in [0, 0.1) is 23.7 Å². The van der Waals surface area contributed by atoms with Crippen molar-refractivity contribution in [1.29, 1.82) is 0 Å². The summed E-state index contributed by atoms with van der Waals surface area (Å²) in [6.07, 6.45) is 0. The minimum absolute atomic E-state index is 0. The highest BCUT2D eigenvalue weighted by molar-refractivity contribution is 5.46. The molecule has 2 N–H and O–H groups in total. The Bertz CT molecular complexity index is 611. The number of benzene rings is 2. The lowest BCUT2D eigenvalue weighted by atomic mass is 9.63. The lowest BCUT2D eigenvalue weighted by Crippen LogP contribution is -2.37. The summed E-state index contributed by atoms with van der Waals surface area (Å²) in [5, 5.41) is 19.4. The van der Waals surface area contributed by atoms with Gasteiger partial charge in [-0.25, -0.2) is 0 Å². The van der Waals surface area contributed by atoms with Gasteiger partial charge in [0.1, 0.15) is 11.5 Å². The van der Waals surface area contributed by atoms with E-state index in [4.69, 9.17) is 0 Å². The summed E-state index contributed by atoms with van der Waals surface area (Å²) in [6.45, 7) is 17.4. The molecule has 0 aromatic heterocycles. The molecule has 2 aromatic carbocycles. The van der Waals surface area contributed by atoms with E-state index in [1.165, 1.54) is 11.1 Å². The monoisotopic (exact) mass is 434 g/mol. The van der Waals surface area contributed by atoms with Crippen LogP contribution in [0.1, 0.15) is 96.2 Å². The highest BCUT2D eigenvalue weighted by Crippen LogP contribution is 2.58. The molecule has 0 spiro atoms. The van der Waals surface area contributed by atoms with E-state index in [-0.39, 0.29) is 35.1 Å². The zero-order valence-corrected chi connectivity index (χ0v) is 18.3. The first-order valence-corrected chi connectivity index (χ1v) is 10.5. The molecule has 0 bridgehead atoms. The Morgan fingerprint density at radius 3 is 0.968 bits per heavy atom. The fourth-order valence-electron chi connectivity index (χ4n) is 4.85. The third kappa shape index (κ3) is 6.51. The molecule has 2 aromatic rings. The summed E-state index contributed by atoms with van der Waals surface area (Å²) in [7, 11) is 0. The lowest BCUT2D eigenvalue weighted by Gasteiger charge is -2.40. The fourth-order valence-corrected chi connectivity index (χ4v) is 4.85. The molecule has 2 nitrogen and oxygen atoms in total. The summed E-state index contributed by atoms with van der Waals surface area (Å²) in [5.74, 6) is 2.76. The van der Waals surface area contributed by atoms with E-state index in [1.807, 2.05) is 27.7 Å². The van der Waals surface area contributed by atoms with Crippen LogP contribution in [0.15, 0.2) is 48.5 Å². The smallest absolute Gasteiger partial charge is 0.115 e. The first kappa shape index (κ1) is 36.4. The van der Waals surface area contributed by atoms with Gasteiger partial charge in [-0.05, 0) is 59.1 Å². The third-order valence-electron chi connectivity index (χ3n) is 6.53. The van der Waals surface area contributed by atoms with Crippen LogP contribution < -0.4 is 0 Å². The molecule has 4 atom stereocenters. The maximum absolute atomic E-state index is 9.69. The molecule has 1 saturated carbocycles. The van der Waals surface area contributed by atoms with Crippen LogP contribution in [-0.2, 0) is 5.41 Å². The van der Waals surface area contributed by atoms with E-state index < -0.39 is 0 Å². The topological polar surface area (TPSA) is 40.5 Å². The molecular weight excluding hydrogens is 380 g/mol. The molecular formula is C29H54O2. The Hall–Kier alpha value is -1.96. The van der Waals surface area contributed by atoms with Crippen molar-refractivity contribution in [2.24, 2.45) is 23.7 Å². The molecule has 1 aliphatic carbocycles. The van der Waals surface area contributed by atoms with Gasteiger partial charge in [-0.15, -0.1) is 0 Å². The van der Waals surface area contributed by atoms with Crippen molar-refractivity contribution in [2.45, 2.75) is 90.5 Å². The predicted molar refractivity (Wildman–Crippen MR) is 143 cm³/mol. The van der Waals surface area contributed by atoms with Crippen molar-refractivity contribution in [1.82, 2.24) is 0 Å². The van der Waals surface area contributed by atoms with Crippen LogP contribution in [0.5, 0.6) is 11.5 Å². The van der Waals surface area contributed by atoms with Gasteiger partial charge in [0.05, 0.1) is 0 Å². The first-order valence-electron chi connectivity index (χ1n) is 10.5. The number of hydrogen-bond acceptors (Lipinski definition) is 2. The zero-order valence-electron chi connectivity index (χ0n) is 18.3. The largest absolute Gasteiger partial charge is 0.508 e. The van der Waals surface area contributed by atoms with E-state index in [9.17, 15) is 10.2 Å². The second kappa shape index (κ2) is 15.8. The maximum atomic E-state index is 9.69. The summed E-state index contributed by atoms with van der Waals surface area (Å²) < 4.78 is 0. The third-order valence-corrected chi connectivity index (χ3v) is 6.53. The maximum Gasteiger partial charge on any atom is 0.115 e. The second-order valence-corrected chi connectivity index (χ2v) is 7.26. The van der Waals surface area contributed by atoms with E-state index in [0.29, 0.717) is 35.2 Å². The van der Waals surface area contributed by atoms with Crippen molar-refractivity contribution in [3.05, 3.63) is 59.7 Å². The molecule has 0 amide bonds. The van der Waals surface area contributed by atoms with Gasteiger partial charge >= 0.3 is 0 Å². The van der Waals surface area contributed by atoms with Crippen LogP contribution >= 0.6 is 0 Å². The first-order chi connectivity index (χ1) is 12.9. The molecule has 0 saturated heterocycles. The van der Waals surface area contributed by atoms with Gasteiger partial charge in [-0.3, -0.25) is 0 Å². The van der Waals surface area contributed by atoms with Gasteiger partial charge in [0.2, 0.25) is 0 Å². The molecule has 0 heterocycles. The molecule has 0 aliphatic heterocycles. The van der Waals surface area contributed by atoms with Crippen molar-refractivity contribution >= 4 is 0 Å². The van der Waals surface area contributed by atoms with Crippen LogP contribution in [0.4, 0.5) is 0 Å². The quantitative estimate of drug-likeness (QED) is 0.494. The van der Waals surface area contributed by atoms with Crippen molar-refractivity contribution in [3.8, 4) is 11.5 Å². The molecule has 2 heteroatoms. The molecule has 3 rings (SSSR count). The summed E-state index contributed by atoms with van der Waals surface area (Å²) in [5.41, 5.74) is 2.40. The molecule has 4 unspecified atom stereocenters. The Morgan fingerprint density at radius 1 is 0.516 bits per heavy atom. The van der Waals surface area contributed by atoms with Crippen LogP contribution in [-0.4, -0.2) is 10.2 Å². The van der Waals surface area contributed by atoms with Gasteiger partial charge < -0.3 is 10.2 Å². The number of hydrogen-bond donors (Lipinski definition) is 2. The Morgan fingerprint density at radius 2 is 0.742 bits per heavy atom. The van der Waals surface area contributed by atoms with Crippen LogP contribution in [0.25, 0.3) is 0 Å². The molecule has 1 fully saturated rings. The minimum atomic E-state index is -0.0970. The van der Waals surface area contributed by atoms with Gasteiger partial charge in [-0.1, -0.05) is 109 Å².